The van der Waals surface area contributed by atoms with Crippen LogP contribution in [0.4, 0.5) is 0 Å². The summed E-state index contributed by atoms with van der Waals surface area (Å²) in [5, 5.41) is 3.23. The van der Waals surface area contributed by atoms with Gasteiger partial charge in [0.1, 0.15) is 0 Å². The Labute approximate surface area is 103 Å². The topological polar surface area (TPSA) is 29.1 Å². The number of ketones is 1. The molecule has 0 heterocycles. The average molecular weight is 231 g/mol. The first-order chi connectivity index (χ1) is 8.16. The zero-order valence-electron chi connectivity index (χ0n) is 10.7. The van der Waals surface area contributed by atoms with Crippen LogP contribution < -0.4 is 5.32 Å². The standard InChI is InChI=1S/C15H21NO/c1-11(2)13-5-7-14(8-6-13)15(17)10-16-9-12-3-4-12/h5-8,11-12,16H,3-4,9-10H2,1-2H3. The van der Waals surface area contributed by atoms with Crippen LogP contribution in [-0.4, -0.2) is 18.9 Å². The van der Waals surface area contributed by atoms with E-state index in [4.69, 9.17) is 0 Å². The summed E-state index contributed by atoms with van der Waals surface area (Å²) in [6.07, 6.45) is 2.65. The van der Waals surface area contributed by atoms with Crippen molar-refractivity contribution in [3.63, 3.8) is 0 Å². The number of rotatable bonds is 6. The van der Waals surface area contributed by atoms with Crippen molar-refractivity contribution in [2.45, 2.75) is 32.6 Å². The zero-order chi connectivity index (χ0) is 12.3. The molecule has 1 aromatic rings. The number of Topliss-reactive ketones (excluding diaryl/α,β-unsaturated/α-hetero) is 1. The van der Waals surface area contributed by atoms with Crippen molar-refractivity contribution >= 4 is 5.78 Å². The minimum atomic E-state index is 0.195. The Bertz CT molecular complexity index is 376. The number of benzene rings is 1. The zero-order valence-corrected chi connectivity index (χ0v) is 10.7. The second-order valence-electron chi connectivity index (χ2n) is 5.27. The summed E-state index contributed by atoms with van der Waals surface area (Å²) in [7, 11) is 0. The lowest BCUT2D eigenvalue weighted by Crippen LogP contribution is -2.24. The Balaban J connectivity index is 1.84. The maximum absolute atomic E-state index is 11.9. The van der Waals surface area contributed by atoms with E-state index in [-0.39, 0.29) is 5.78 Å². The van der Waals surface area contributed by atoms with Crippen molar-refractivity contribution in [3.05, 3.63) is 35.4 Å². The summed E-state index contributed by atoms with van der Waals surface area (Å²) in [5.74, 6) is 1.54. The summed E-state index contributed by atoms with van der Waals surface area (Å²) in [6, 6.07) is 7.99. The molecule has 0 saturated heterocycles. The van der Waals surface area contributed by atoms with Crippen LogP contribution in [0.2, 0.25) is 0 Å². The lowest BCUT2D eigenvalue weighted by molar-refractivity contribution is 0.0991. The number of carbonyl (C=O) groups is 1. The molecule has 1 aliphatic rings. The van der Waals surface area contributed by atoms with Gasteiger partial charge in [0.25, 0.3) is 0 Å². The van der Waals surface area contributed by atoms with Crippen LogP contribution in [-0.2, 0) is 0 Å². The smallest absolute Gasteiger partial charge is 0.176 e. The molecule has 0 aliphatic heterocycles. The van der Waals surface area contributed by atoms with Crippen LogP contribution >= 0.6 is 0 Å². The number of nitrogens with one attached hydrogen (secondary N) is 1. The minimum absolute atomic E-state index is 0.195. The average Bonchev–Trinajstić information content (AvgIpc) is 3.13. The fourth-order valence-electron chi connectivity index (χ4n) is 1.87. The lowest BCUT2D eigenvalue weighted by atomic mass is 10.0. The molecule has 0 aromatic heterocycles. The van der Waals surface area contributed by atoms with E-state index < -0.39 is 0 Å². The van der Waals surface area contributed by atoms with E-state index in [9.17, 15) is 4.79 Å². The Morgan fingerprint density at radius 2 is 1.94 bits per heavy atom. The van der Waals surface area contributed by atoms with Gasteiger partial charge in [0.2, 0.25) is 0 Å². The van der Waals surface area contributed by atoms with Crippen LogP contribution in [0.5, 0.6) is 0 Å². The van der Waals surface area contributed by atoms with Gasteiger partial charge in [-0.3, -0.25) is 4.79 Å². The molecule has 1 fully saturated rings. The van der Waals surface area contributed by atoms with E-state index >= 15 is 0 Å². The first-order valence-electron chi connectivity index (χ1n) is 6.50. The molecule has 1 saturated carbocycles. The molecule has 0 spiro atoms. The van der Waals surface area contributed by atoms with Gasteiger partial charge in [-0.05, 0) is 36.8 Å². The van der Waals surface area contributed by atoms with Crippen LogP contribution in [0.15, 0.2) is 24.3 Å². The third-order valence-corrected chi connectivity index (χ3v) is 3.31. The van der Waals surface area contributed by atoms with Gasteiger partial charge in [-0.25, -0.2) is 0 Å². The van der Waals surface area contributed by atoms with Crippen LogP contribution in [0.3, 0.4) is 0 Å². The normalized spacial score (nSPS) is 15.2. The van der Waals surface area contributed by atoms with E-state index in [2.05, 4.69) is 31.3 Å². The molecule has 2 nitrogen and oxygen atoms in total. The first-order valence-corrected chi connectivity index (χ1v) is 6.50. The highest BCUT2D eigenvalue weighted by Crippen LogP contribution is 2.27. The van der Waals surface area contributed by atoms with E-state index in [1.54, 1.807) is 0 Å². The maximum Gasteiger partial charge on any atom is 0.176 e. The SMILES string of the molecule is CC(C)c1ccc(C(=O)CNCC2CC2)cc1. The second-order valence-corrected chi connectivity index (χ2v) is 5.27. The molecule has 17 heavy (non-hydrogen) atoms. The van der Waals surface area contributed by atoms with E-state index in [0.29, 0.717) is 12.5 Å². The summed E-state index contributed by atoms with van der Waals surface area (Å²) in [4.78, 5) is 11.9. The van der Waals surface area contributed by atoms with Gasteiger partial charge in [0, 0.05) is 5.56 Å². The van der Waals surface area contributed by atoms with Crippen molar-refractivity contribution in [2.24, 2.45) is 5.92 Å². The monoisotopic (exact) mass is 231 g/mol. The molecule has 2 rings (SSSR count). The summed E-state index contributed by atoms with van der Waals surface area (Å²) < 4.78 is 0. The number of carbonyl (C=O) groups excluding carboxylic acids is 1. The van der Waals surface area contributed by atoms with Crippen LogP contribution in [0.25, 0.3) is 0 Å². The molecule has 1 aromatic carbocycles. The Morgan fingerprint density at radius 3 is 2.47 bits per heavy atom. The predicted octanol–water partition coefficient (Wildman–Crippen LogP) is 2.99. The third-order valence-electron chi connectivity index (χ3n) is 3.31. The molecule has 2 heteroatoms. The summed E-state index contributed by atoms with van der Waals surface area (Å²) in [5.41, 5.74) is 2.10. The Hall–Kier alpha value is -1.15. The molecule has 92 valence electrons. The van der Waals surface area contributed by atoms with Gasteiger partial charge in [-0.15, -0.1) is 0 Å². The van der Waals surface area contributed by atoms with E-state index in [1.807, 2.05) is 12.1 Å². The molecule has 0 bridgehead atoms. The van der Waals surface area contributed by atoms with Crippen LogP contribution in [0.1, 0.15) is 48.5 Å². The molecular weight excluding hydrogens is 210 g/mol. The molecule has 0 radical (unpaired) electrons. The maximum atomic E-state index is 11.9. The molecular formula is C15H21NO. The second kappa shape index (κ2) is 5.46. The quantitative estimate of drug-likeness (QED) is 0.763. The van der Waals surface area contributed by atoms with Gasteiger partial charge >= 0.3 is 0 Å². The van der Waals surface area contributed by atoms with Crippen molar-refractivity contribution in [2.75, 3.05) is 13.1 Å². The van der Waals surface area contributed by atoms with Gasteiger partial charge in [0.05, 0.1) is 6.54 Å². The molecule has 0 amide bonds. The van der Waals surface area contributed by atoms with E-state index in [0.717, 1.165) is 18.0 Å². The number of hydrogen-bond donors (Lipinski definition) is 1. The van der Waals surface area contributed by atoms with Crippen molar-refractivity contribution < 1.29 is 4.79 Å². The highest BCUT2D eigenvalue weighted by molar-refractivity contribution is 5.97. The molecule has 0 unspecified atom stereocenters. The van der Waals surface area contributed by atoms with Gasteiger partial charge < -0.3 is 5.32 Å². The van der Waals surface area contributed by atoms with Crippen molar-refractivity contribution in [1.82, 2.24) is 5.32 Å². The molecule has 1 N–H and O–H groups in total. The summed E-state index contributed by atoms with van der Waals surface area (Å²) >= 11 is 0. The lowest BCUT2D eigenvalue weighted by Gasteiger charge is -2.07. The highest BCUT2D eigenvalue weighted by atomic mass is 16.1. The molecule has 0 atom stereocenters. The first kappa shape index (κ1) is 12.3. The minimum Gasteiger partial charge on any atom is -0.309 e. The van der Waals surface area contributed by atoms with Crippen LogP contribution in [0, 0.1) is 5.92 Å². The number of hydrogen-bond acceptors (Lipinski definition) is 2. The summed E-state index contributed by atoms with van der Waals surface area (Å²) in [6.45, 7) is 5.79. The van der Waals surface area contributed by atoms with Crippen molar-refractivity contribution in [3.8, 4) is 0 Å². The predicted molar refractivity (Wildman–Crippen MR) is 70.5 cm³/mol. The largest absolute Gasteiger partial charge is 0.309 e. The van der Waals surface area contributed by atoms with Gasteiger partial charge in [0.15, 0.2) is 5.78 Å². The fraction of sp³-hybridized carbons (Fsp3) is 0.533. The molecule has 1 aliphatic carbocycles. The van der Waals surface area contributed by atoms with Gasteiger partial charge in [-0.1, -0.05) is 38.1 Å². The Morgan fingerprint density at radius 1 is 1.29 bits per heavy atom. The van der Waals surface area contributed by atoms with E-state index in [1.165, 1.54) is 18.4 Å². The van der Waals surface area contributed by atoms with Crippen molar-refractivity contribution in [1.29, 1.82) is 0 Å². The van der Waals surface area contributed by atoms with Gasteiger partial charge in [-0.2, -0.15) is 0 Å². The Kier molecular flexibility index (Phi) is 3.95. The fourth-order valence-corrected chi connectivity index (χ4v) is 1.87. The highest BCUT2D eigenvalue weighted by Gasteiger charge is 2.20. The third kappa shape index (κ3) is 3.67.